The van der Waals surface area contributed by atoms with E-state index in [2.05, 4.69) is 5.32 Å². The van der Waals surface area contributed by atoms with Gasteiger partial charge in [-0.3, -0.25) is 4.79 Å². The highest BCUT2D eigenvalue weighted by molar-refractivity contribution is 5.83. The van der Waals surface area contributed by atoms with Crippen molar-refractivity contribution in [2.45, 2.75) is 19.1 Å². The molecule has 0 aliphatic rings. The van der Waals surface area contributed by atoms with Crippen LogP contribution < -0.4 is 5.32 Å². The van der Waals surface area contributed by atoms with Gasteiger partial charge in [-0.25, -0.2) is 4.79 Å². The minimum Gasteiger partial charge on any atom is -0.481 e. The number of ether oxygens (including phenoxy) is 1. The van der Waals surface area contributed by atoms with Crippen LogP contribution in [0.5, 0.6) is 0 Å². The predicted octanol–water partition coefficient (Wildman–Crippen LogP) is 3.88. The third-order valence-corrected chi connectivity index (χ3v) is 3.77. The molecule has 0 saturated heterocycles. The Morgan fingerprint density at radius 3 is 2.56 bits per heavy atom. The van der Waals surface area contributed by atoms with Gasteiger partial charge >= 0.3 is 12.1 Å². The van der Waals surface area contributed by atoms with Gasteiger partial charge in [-0.2, -0.15) is 0 Å². The van der Waals surface area contributed by atoms with Crippen LogP contribution in [0.15, 0.2) is 65.3 Å². The predicted molar refractivity (Wildman–Crippen MR) is 91.0 cm³/mol. The molecule has 0 fully saturated rings. The number of alkyl carbamates (subject to hydrolysis) is 1. The van der Waals surface area contributed by atoms with Gasteiger partial charge in [0, 0.05) is 10.9 Å². The Balaban J connectivity index is 1.72. The molecular weight excluding hydrogens is 322 g/mol. The summed E-state index contributed by atoms with van der Waals surface area (Å²) in [7, 11) is 0. The summed E-state index contributed by atoms with van der Waals surface area (Å²) in [4.78, 5) is 23.3. The van der Waals surface area contributed by atoms with Crippen LogP contribution in [0.2, 0.25) is 0 Å². The van der Waals surface area contributed by atoms with Crippen molar-refractivity contribution >= 4 is 23.0 Å². The minimum atomic E-state index is -1.03. The number of benzene rings is 2. The molecule has 0 bridgehead atoms. The number of nitrogens with one attached hydrogen (secondary N) is 1. The Bertz CT molecular complexity index is 872. The zero-order valence-corrected chi connectivity index (χ0v) is 13.3. The van der Waals surface area contributed by atoms with Gasteiger partial charge in [-0.15, -0.1) is 0 Å². The van der Waals surface area contributed by atoms with Crippen molar-refractivity contribution in [1.29, 1.82) is 0 Å². The maximum Gasteiger partial charge on any atom is 0.407 e. The molecule has 3 rings (SSSR count). The molecule has 3 aromatic rings. The van der Waals surface area contributed by atoms with Gasteiger partial charge in [0.05, 0.1) is 18.7 Å². The zero-order chi connectivity index (χ0) is 17.6. The molecule has 6 nitrogen and oxygen atoms in total. The standard InChI is InChI=1S/C19H17NO5/c21-18(22)10-16(15-12-24-17-9-5-4-8-14(15)17)20-19(23)25-11-13-6-2-1-3-7-13/h1-9,12,16H,10-11H2,(H,20,23)(H,21,22)/t16-/m0/s1. The molecular formula is C19H17NO5. The first-order chi connectivity index (χ1) is 12.1. The lowest BCUT2D eigenvalue weighted by molar-refractivity contribution is -0.137. The second-order valence-electron chi connectivity index (χ2n) is 5.54. The number of rotatable bonds is 6. The van der Waals surface area contributed by atoms with E-state index in [0.717, 1.165) is 10.9 Å². The number of carboxylic acid groups (broad SMARTS) is 1. The summed E-state index contributed by atoms with van der Waals surface area (Å²) in [5, 5.41) is 12.5. The SMILES string of the molecule is O=C(O)C[C@H](NC(=O)OCc1ccccc1)c1coc2ccccc12. The lowest BCUT2D eigenvalue weighted by Gasteiger charge is -2.16. The summed E-state index contributed by atoms with van der Waals surface area (Å²) in [5.74, 6) is -1.03. The number of furan rings is 1. The van der Waals surface area contributed by atoms with Crippen LogP contribution in [0.1, 0.15) is 23.6 Å². The molecule has 128 valence electrons. The molecule has 0 aliphatic heterocycles. The summed E-state index contributed by atoms with van der Waals surface area (Å²) < 4.78 is 10.6. The fraction of sp³-hybridized carbons (Fsp3) is 0.158. The number of carboxylic acids is 1. The molecule has 0 aliphatic carbocycles. The lowest BCUT2D eigenvalue weighted by atomic mass is 10.0. The normalized spacial score (nSPS) is 11.8. The highest BCUT2D eigenvalue weighted by atomic mass is 16.5. The van der Waals surface area contributed by atoms with Gasteiger partial charge in [0.25, 0.3) is 0 Å². The first-order valence-electron chi connectivity index (χ1n) is 7.78. The molecule has 2 N–H and O–H groups in total. The summed E-state index contributed by atoms with van der Waals surface area (Å²) in [6, 6.07) is 15.8. The fourth-order valence-corrected chi connectivity index (χ4v) is 2.59. The van der Waals surface area contributed by atoms with Gasteiger partial charge in [0.2, 0.25) is 0 Å². The van der Waals surface area contributed by atoms with Gasteiger partial charge in [0.15, 0.2) is 0 Å². The van der Waals surface area contributed by atoms with Gasteiger partial charge in [-0.05, 0) is 11.6 Å². The van der Waals surface area contributed by atoms with Crippen LogP contribution >= 0.6 is 0 Å². The van der Waals surface area contributed by atoms with Gasteiger partial charge in [-0.1, -0.05) is 48.5 Å². The number of aliphatic carboxylic acids is 1. The monoisotopic (exact) mass is 339 g/mol. The maximum absolute atomic E-state index is 12.1. The van der Waals surface area contributed by atoms with Crippen molar-refractivity contribution in [2.75, 3.05) is 0 Å². The van der Waals surface area contributed by atoms with E-state index in [9.17, 15) is 9.59 Å². The molecule has 1 atom stereocenters. The van der Waals surface area contributed by atoms with Crippen molar-refractivity contribution in [3.63, 3.8) is 0 Å². The molecule has 1 heterocycles. The van der Waals surface area contributed by atoms with Crippen molar-refractivity contribution in [1.82, 2.24) is 5.32 Å². The van der Waals surface area contributed by atoms with E-state index in [4.69, 9.17) is 14.3 Å². The molecule has 0 unspecified atom stereocenters. The van der Waals surface area contributed by atoms with Gasteiger partial charge in [0.1, 0.15) is 12.2 Å². The van der Waals surface area contributed by atoms with E-state index in [1.165, 1.54) is 6.26 Å². The first kappa shape index (κ1) is 16.6. The molecule has 1 aromatic heterocycles. The molecule has 2 aromatic carbocycles. The average molecular weight is 339 g/mol. The second-order valence-corrected chi connectivity index (χ2v) is 5.54. The molecule has 6 heteroatoms. The summed E-state index contributed by atoms with van der Waals surface area (Å²) in [5.41, 5.74) is 2.09. The van der Waals surface area contributed by atoms with Crippen molar-refractivity contribution in [3.8, 4) is 0 Å². The quantitative estimate of drug-likeness (QED) is 0.711. The summed E-state index contributed by atoms with van der Waals surface area (Å²) in [6.45, 7) is 0.110. The molecule has 0 radical (unpaired) electrons. The zero-order valence-electron chi connectivity index (χ0n) is 13.3. The van der Waals surface area contributed by atoms with Crippen LogP contribution in [0.3, 0.4) is 0 Å². The van der Waals surface area contributed by atoms with Gasteiger partial charge < -0.3 is 19.6 Å². The highest BCUT2D eigenvalue weighted by Gasteiger charge is 2.22. The van der Waals surface area contributed by atoms with Crippen LogP contribution in [-0.4, -0.2) is 17.2 Å². The third-order valence-electron chi connectivity index (χ3n) is 3.77. The topological polar surface area (TPSA) is 88.8 Å². The Kier molecular flexibility index (Phi) is 4.99. The van der Waals surface area contributed by atoms with E-state index in [1.807, 2.05) is 48.5 Å². The number of hydrogen-bond donors (Lipinski definition) is 2. The van der Waals surface area contributed by atoms with Crippen molar-refractivity contribution < 1.29 is 23.8 Å². The minimum absolute atomic E-state index is 0.110. The molecule has 0 spiro atoms. The van der Waals surface area contributed by atoms with Crippen LogP contribution in [0, 0.1) is 0 Å². The number of carbonyl (C=O) groups is 2. The summed E-state index contributed by atoms with van der Waals surface area (Å²) in [6.07, 6.45) is 0.514. The molecule has 1 amide bonds. The van der Waals surface area contributed by atoms with Crippen molar-refractivity contribution in [3.05, 3.63) is 72.0 Å². The Hall–Kier alpha value is -3.28. The van der Waals surface area contributed by atoms with Crippen LogP contribution in [-0.2, 0) is 16.1 Å². The van der Waals surface area contributed by atoms with Crippen LogP contribution in [0.25, 0.3) is 11.0 Å². The Morgan fingerprint density at radius 1 is 1.08 bits per heavy atom. The van der Waals surface area contributed by atoms with E-state index in [-0.39, 0.29) is 13.0 Å². The number of para-hydroxylation sites is 1. The van der Waals surface area contributed by atoms with E-state index in [1.54, 1.807) is 6.07 Å². The maximum atomic E-state index is 12.1. The average Bonchev–Trinajstić information content (AvgIpc) is 3.04. The van der Waals surface area contributed by atoms with E-state index < -0.39 is 18.1 Å². The lowest BCUT2D eigenvalue weighted by Crippen LogP contribution is -2.30. The van der Waals surface area contributed by atoms with E-state index in [0.29, 0.717) is 11.1 Å². The number of amides is 1. The van der Waals surface area contributed by atoms with Crippen molar-refractivity contribution in [2.24, 2.45) is 0 Å². The first-order valence-corrected chi connectivity index (χ1v) is 7.78. The smallest absolute Gasteiger partial charge is 0.407 e. The Morgan fingerprint density at radius 2 is 1.80 bits per heavy atom. The highest BCUT2D eigenvalue weighted by Crippen LogP contribution is 2.28. The van der Waals surface area contributed by atoms with Crippen LogP contribution in [0.4, 0.5) is 4.79 Å². The number of carbonyl (C=O) groups excluding carboxylic acids is 1. The largest absolute Gasteiger partial charge is 0.481 e. The summed E-state index contributed by atoms with van der Waals surface area (Å²) >= 11 is 0. The molecule has 0 saturated carbocycles. The second kappa shape index (κ2) is 7.53. The number of hydrogen-bond acceptors (Lipinski definition) is 4. The number of fused-ring (bicyclic) bond motifs is 1. The Labute approximate surface area is 144 Å². The van der Waals surface area contributed by atoms with E-state index >= 15 is 0 Å². The fourth-order valence-electron chi connectivity index (χ4n) is 2.59. The third kappa shape index (κ3) is 4.17. The molecule has 25 heavy (non-hydrogen) atoms.